The van der Waals surface area contributed by atoms with Crippen LogP contribution < -0.4 is 9.80 Å². The van der Waals surface area contributed by atoms with Crippen molar-refractivity contribution in [2.45, 2.75) is 34.6 Å². The van der Waals surface area contributed by atoms with Crippen LogP contribution in [0.15, 0.2) is 59.7 Å². The van der Waals surface area contributed by atoms with Crippen molar-refractivity contribution >= 4 is 41.0 Å². The number of amides is 4. The summed E-state index contributed by atoms with van der Waals surface area (Å²) < 4.78 is 5.43. The van der Waals surface area contributed by atoms with E-state index in [2.05, 4.69) is 0 Å². The average Bonchev–Trinajstić information content (AvgIpc) is 3.30. The molecule has 1 saturated carbocycles. The van der Waals surface area contributed by atoms with Gasteiger partial charge in [-0.15, -0.1) is 0 Å². The first-order valence-electron chi connectivity index (χ1n) is 13.3. The van der Waals surface area contributed by atoms with Gasteiger partial charge < -0.3 is 4.74 Å². The Morgan fingerprint density at radius 3 is 1.64 bits per heavy atom. The van der Waals surface area contributed by atoms with E-state index in [0.717, 1.165) is 11.1 Å². The quantitative estimate of drug-likeness (QED) is 0.444. The maximum absolute atomic E-state index is 14.2. The Hall–Kier alpha value is -4.07. The van der Waals surface area contributed by atoms with Crippen molar-refractivity contribution in [3.05, 3.63) is 70.8 Å². The highest BCUT2D eigenvalue weighted by atomic mass is 16.5. The standard InChI is InChI=1S/C31H30N2O6/c1-6-39-30(38)23-17(4)20-21-24(28(36)32(26(21)34)18-11-7-9-15(2)13-18)31(23,5)25-22(20)27(35)33(29(25)37)19-12-8-10-16(3)14-19/h7-14,20-22,24-25H,6H2,1-5H3/t20?,21-,22-,24-,25+,31?/m1/s1. The van der Waals surface area contributed by atoms with Gasteiger partial charge in [-0.25, -0.2) is 14.6 Å². The molecule has 8 heteroatoms. The minimum Gasteiger partial charge on any atom is -0.463 e. The second-order valence-electron chi connectivity index (χ2n) is 11.3. The summed E-state index contributed by atoms with van der Waals surface area (Å²) >= 11 is 0. The first kappa shape index (κ1) is 25.2. The molecular formula is C31H30N2O6. The van der Waals surface area contributed by atoms with Gasteiger partial charge in [-0.2, -0.15) is 0 Å². The first-order chi connectivity index (χ1) is 18.5. The first-order valence-corrected chi connectivity index (χ1v) is 13.3. The predicted molar refractivity (Wildman–Crippen MR) is 142 cm³/mol. The average molecular weight is 527 g/mol. The van der Waals surface area contributed by atoms with Crippen LogP contribution in [-0.2, 0) is 28.7 Å². The topological polar surface area (TPSA) is 101 Å². The molecule has 2 aliphatic heterocycles. The Kier molecular flexibility index (Phi) is 5.47. The Balaban J connectivity index is 1.55. The summed E-state index contributed by atoms with van der Waals surface area (Å²) in [5.41, 5.74) is 2.05. The molecule has 7 rings (SSSR count). The summed E-state index contributed by atoms with van der Waals surface area (Å²) in [7, 11) is 0. The van der Waals surface area contributed by atoms with Gasteiger partial charge in [-0.1, -0.05) is 36.8 Å². The van der Waals surface area contributed by atoms with E-state index < -0.39 is 64.6 Å². The molecule has 3 fully saturated rings. The molecule has 2 aromatic carbocycles. The van der Waals surface area contributed by atoms with Gasteiger partial charge in [0.1, 0.15) is 0 Å². The number of hydrogen-bond acceptors (Lipinski definition) is 6. The monoisotopic (exact) mass is 526 g/mol. The maximum Gasteiger partial charge on any atom is 0.334 e. The van der Waals surface area contributed by atoms with Crippen molar-refractivity contribution in [1.29, 1.82) is 0 Å². The number of carbonyl (C=O) groups excluding carboxylic acids is 5. The van der Waals surface area contributed by atoms with Gasteiger partial charge >= 0.3 is 5.97 Å². The van der Waals surface area contributed by atoms with Gasteiger partial charge in [0.15, 0.2) is 0 Å². The number of benzene rings is 2. The molecule has 2 heterocycles. The molecule has 2 unspecified atom stereocenters. The van der Waals surface area contributed by atoms with E-state index in [-0.39, 0.29) is 12.2 Å². The molecule has 3 aliphatic carbocycles. The number of anilines is 2. The molecule has 0 aromatic heterocycles. The zero-order chi connectivity index (χ0) is 28.0. The summed E-state index contributed by atoms with van der Waals surface area (Å²) in [4.78, 5) is 72.3. The number of aryl methyl sites for hydroxylation is 2. The largest absolute Gasteiger partial charge is 0.463 e. The van der Waals surface area contributed by atoms with Gasteiger partial charge in [0.05, 0.1) is 41.7 Å². The summed E-state index contributed by atoms with van der Waals surface area (Å²) in [6, 6.07) is 14.2. The van der Waals surface area contributed by atoms with Crippen molar-refractivity contribution in [2.24, 2.45) is 35.0 Å². The fourth-order valence-electron chi connectivity index (χ4n) is 7.85. The molecule has 5 aliphatic rings. The molecule has 0 spiro atoms. The van der Waals surface area contributed by atoms with Crippen LogP contribution in [0, 0.1) is 48.9 Å². The smallest absolute Gasteiger partial charge is 0.334 e. The molecule has 39 heavy (non-hydrogen) atoms. The number of hydrogen-bond donors (Lipinski definition) is 0. The van der Waals surface area contributed by atoms with Crippen LogP contribution in [0.1, 0.15) is 31.9 Å². The van der Waals surface area contributed by atoms with Crippen molar-refractivity contribution in [1.82, 2.24) is 0 Å². The van der Waals surface area contributed by atoms with Gasteiger partial charge in [-0.05, 0) is 63.1 Å². The van der Waals surface area contributed by atoms with E-state index in [1.54, 1.807) is 57.2 Å². The molecule has 8 nitrogen and oxygen atoms in total. The van der Waals surface area contributed by atoms with Crippen LogP contribution in [-0.4, -0.2) is 36.2 Å². The van der Waals surface area contributed by atoms with E-state index in [1.165, 1.54) is 9.80 Å². The lowest BCUT2D eigenvalue weighted by Gasteiger charge is -2.55. The molecule has 0 N–H and O–H groups in total. The summed E-state index contributed by atoms with van der Waals surface area (Å²) in [6.07, 6.45) is 0. The fraction of sp³-hybridized carbons (Fsp3) is 0.387. The minimum absolute atomic E-state index is 0.114. The second kappa shape index (κ2) is 8.46. The number of rotatable bonds is 4. The van der Waals surface area contributed by atoms with E-state index in [9.17, 15) is 24.0 Å². The lowest BCUT2D eigenvalue weighted by Crippen LogP contribution is -2.61. The van der Waals surface area contributed by atoms with Crippen LogP contribution in [0.4, 0.5) is 11.4 Å². The molecule has 2 aromatic rings. The predicted octanol–water partition coefficient (Wildman–Crippen LogP) is 3.74. The lowest BCUT2D eigenvalue weighted by atomic mass is 9.43. The number of nitrogens with zero attached hydrogens (tertiary/aromatic N) is 2. The zero-order valence-electron chi connectivity index (χ0n) is 22.6. The third kappa shape index (κ3) is 3.14. The molecule has 6 atom stereocenters. The van der Waals surface area contributed by atoms with Crippen molar-refractivity contribution in [3.8, 4) is 0 Å². The molecule has 2 bridgehead atoms. The van der Waals surface area contributed by atoms with Gasteiger partial charge in [0.2, 0.25) is 23.6 Å². The third-order valence-corrected chi connectivity index (χ3v) is 9.20. The molecule has 2 saturated heterocycles. The van der Waals surface area contributed by atoms with Crippen LogP contribution in [0.5, 0.6) is 0 Å². The highest BCUT2D eigenvalue weighted by Gasteiger charge is 2.77. The van der Waals surface area contributed by atoms with Crippen LogP contribution in [0.25, 0.3) is 0 Å². The van der Waals surface area contributed by atoms with E-state index in [4.69, 9.17) is 4.74 Å². The van der Waals surface area contributed by atoms with Gasteiger partial charge in [0.25, 0.3) is 0 Å². The van der Waals surface area contributed by atoms with E-state index in [1.807, 2.05) is 26.0 Å². The minimum atomic E-state index is -1.41. The number of ether oxygens (including phenoxy) is 1. The Labute approximate surface area is 226 Å². The number of allylic oxidation sites excluding steroid dienone is 1. The van der Waals surface area contributed by atoms with Crippen molar-refractivity contribution < 1.29 is 28.7 Å². The Bertz CT molecular complexity index is 1430. The van der Waals surface area contributed by atoms with Crippen LogP contribution in [0.3, 0.4) is 0 Å². The van der Waals surface area contributed by atoms with Crippen molar-refractivity contribution in [2.75, 3.05) is 16.4 Å². The Morgan fingerprint density at radius 1 is 0.769 bits per heavy atom. The van der Waals surface area contributed by atoms with Gasteiger partial charge in [-0.3, -0.25) is 19.2 Å². The van der Waals surface area contributed by atoms with Crippen LogP contribution in [0.2, 0.25) is 0 Å². The fourth-order valence-corrected chi connectivity index (χ4v) is 7.85. The summed E-state index contributed by atoms with van der Waals surface area (Å²) in [5, 5.41) is 0. The van der Waals surface area contributed by atoms with E-state index in [0.29, 0.717) is 16.9 Å². The molecular weight excluding hydrogens is 496 g/mol. The normalized spacial score (nSPS) is 31.3. The van der Waals surface area contributed by atoms with Gasteiger partial charge in [0, 0.05) is 16.9 Å². The third-order valence-electron chi connectivity index (χ3n) is 9.20. The number of esters is 1. The lowest BCUT2D eigenvalue weighted by molar-refractivity contribution is -0.155. The number of carbonyl (C=O) groups is 5. The maximum atomic E-state index is 14.2. The zero-order valence-corrected chi connectivity index (χ0v) is 22.6. The SMILES string of the molecule is CCOC(=O)C1=C(C)C2[C@H]3C(=O)N(c4cccc(C)c4)C(=O)[C@H]3C1(C)[C@H]1C(=O)N(c3cccc(C)c3)C(=O)[C@H]21. The van der Waals surface area contributed by atoms with Crippen molar-refractivity contribution in [3.63, 3.8) is 0 Å². The number of imide groups is 2. The molecule has 0 radical (unpaired) electrons. The summed E-state index contributed by atoms with van der Waals surface area (Å²) in [5.74, 6) is -6.78. The Morgan fingerprint density at radius 2 is 1.23 bits per heavy atom. The van der Waals surface area contributed by atoms with Crippen LogP contribution >= 0.6 is 0 Å². The highest BCUT2D eigenvalue weighted by molar-refractivity contribution is 6.27. The summed E-state index contributed by atoms with van der Waals surface area (Å²) in [6.45, 7) is 8.99. The molecule has 4 amide bonds. The second-order valence-corrected chi connectivity index (χ2v) is 11.3. The molecule has 200 valence electrons. The highest BCUT2D eigenvalue weighted by Crippen LogP contribution is 2.68. The van der Waals surface area contributed by atoms with E-state index >= 15 is 0 Å².